The van der Waals surface area contributed by atoms with Crippen LogP contribution in [0.25, 0.3) is 0 Å². The van der Waals surface area contributed by atoms with Crippen LogP contribution in [0.1, 0.15) is 12.5 Å². The molecule has 2 N–H and O–H groups in total. The van der Waals surface area contributed by atoms with Crippen LogP contribution >= 0.6 is 11.6 Å². The molecule has 0 aromatic heterocycles. The third-order valence-corrected chi connectivity index (χ3v) is 3.03. The number of nitrogens with zero attached hydrogens (tertiary/aromatic N) is 1. The highest BCUT2D eigenvalue weighted by atomic mass is 35.5. The first-order valence-electron chi connectivity index (χ1n) is 5.36. The summed E-state index contributed by atoms with van der Waals surface area (Å²) in [5.41, 5.74) is 1.31. The van der Waals surface area contributed by atoms with Gasteiger partial charge in [-0.15, -0.1) is 0 Å². The summed E-state index contributed by atoms with van der Waals surface area (Å²) in [6, 6.07) is 3.82. The number of hydrogen-bond donors (Lipinski definition) is 2. The Balaban J connectivity index is 2.85. The second kappa shape index (κ2) is 5.73. The van der Waals surface area contributed by atoms with Crippen molar-refractivity contribution >= 4 is 29.3 Å². The zero-order valence-corrected chi connectivity index (χ0v) is 11.2. The molecule has 0 heterocycles. The third-order valence-electron chi connectivity index (χ3n) is 2.71. The second-order valence-electron chi connectivity index (χ2n) is 3.99. The highest BCUT2D eigenvalue weighted by molar-refractivity contribution is 6.33. The molecule has 2 amide bonds. The number of carbonyl (C=O) groups excluding carboxylic acids is 1. The molecule has 0 spiro atoms. The second-order valence-corrected chi connectivity index (χ2v) is 4.39. The van der Waals surface area contributed by atoms with Crippen LogP contribution in [-0.2, 0) is 4.79 Å². The number of carbonyl (C=O) groups is 2. The molecule has 0 radical (unpaired) electrons. The summed E-state index contributed by atoms with van der Waals surface area (Å²) in [5, 5.41) is 11.9. The largest absolute Gasteiger partial charge is 0.480 e. The quantitative estimate of drug-likeness (QED) is 0.887. The number of benzene rings is 1. The van der Waals surface area contributed by atoms with Gasteiger partial charge in [0, 0.05) is 7.05 Å². The van der Waals surface area contributed by atoms with Crippen molar-refractivity contribution in [1.82, 2.24) is 4.90 Å². The van der Waals surface area contributed by atoms with E-state index in [9.17, 15) is 9.59 Å². The Kier molecular flexibility index (Phi) is 4.55. The molecule has 6 heteroatoms. The fourth-order valence-corrected chi connectivity index (χ4v) is 1.60. The Morgan fingerprint density at radius 2 is 2.06 bits per heavy atom. The number of likely N-dealkylation sites (N-methyl/N-ethyl adjacent to an activating group) is 1. The van der Waals surface area contributed by atoms with Crippen molar-refractivity contribution in [2.45, 2.75) is 19.9 Å². The molecule has 0 fully saturated rings. The van der Waals surface area contributed by atoms with E-state index in [1.165, 1.54) is 14.0 Å². The highest BCUT2D eigenvalue weighted by Gasteiger charge is 2.22. The number of carboxylic acids is 1. The summed E-state index contributed by atoms with van der Waals surface area (Å²) in [6.45, 7) is 3.24. The van der Waals surface area contributed by atoms with Gasteiger partial charge in [0.1, 0.15) is 6.04 Å². The molecule has 0 saturated heterocycles. The number of hydrogen-bond acceptors (Lipinski definition) is 2. The predicted molar refractivity (Wildman–Crippen MR) is 70.1 cm³/mol. The Morgan fingerprint density at radius 3 is 2.56 bits per heavy atom. The number of para-hydroxylation sites is 1. The molecule has 0 aliphatic rings. The molecule has 0 bridgehead atoms. The maximum Gasteiger partial charge on any atom is 0.326 e. The number of urea groups is 1. The van der Waals surface area contributed by atoms with E-state index in [4.69, 9.17) is 16.7 Å². The summed E-state index contributed by atoms with van der Waals surface area (Å²) in [6.07, 6.45) is 0. The van der Waals surface area contributed by atoms with Crippen LogP contribution in [0.5, 0.6) is 0 Å². The highest BCUT2D eigenvalue weighted by Crippen LogP contribution is 2.25. The molecular weight excluding hydrogens is 256 g/mol. The number of carboxylic acid groups (broad SMARTS) is 1. The Labute approximate surface area is 110 Å². The van der Waals surface area contributed by atoms with E-state index >= 15 is 0 Å². The minimum atomic E-state index is -1.07. The molecule has 1 aromatic rings. The van der Waals surface area contributed by atoms with Crippen LogP contribution < -0.4 is 5.32 Å². The number of aliphatic carboxylic acids is 1. The van der Waals surface area contributed by atoms with Gasteiger partial charge in [0.25, 0.3) is 0 Å². The summed E-state index contributed by atoms with van der Waals surface area (Å²) < 4.78 is 0. The van der Waals surface area contributed by atoms with Crippen molar-refractivity contribution in [3.8, 4) is 0 Å². The lowest BCUT2D eigenvalue weighted by atomic mass is 10.2. The van der Waals surface area contributed by atoms with E-state index in [1.54, 1.807) is 12.1 Å². The van der Waals surface area contributed by atoms with E-state index in [-0.39, 0.29) is 0 Å². The normalized spacial score (nSPS) is 11.8. The lowest BCUT2D eigenvalue weighted by Crippen LogP contribution is -2.42. The Hall–Kier alpha value is -1.75. The fourth-order valence-electron chi connectivity index (χ4n) is 1.33. The van der Waals surface area contributed by atoms with Crippen molar-refractivity contribution in [2.24, 2.45) is 0 Å². The summed E-state index contributed by atoms with van der Waals surface area (Å²) in [4.78, 5) is 23.7. The van der Waals surface area contributed by atoms with Gasteiger partial charge in [-0.25, -0.2) is 9.59 Å². The van der Waals surface area contributed by atoms with E-state index in [0.717, 1.165) is 10.5 Å². The minimum absolute atomic E-state index is 0.416. The molecule has 1 aromatic carbocycles. The SMILES string of the molecule is Cc1cccc(Cl)c1NC(=O)N(C)C(C)C(=O)O. The van der Waals surface area contributed by atoms with E-state index in [0.29, 0.717) is 10.7 Å². The minimum Gasteiger partial charge on any atom is -0.480 e. The standard InChI is InChI=1S/C12H15ClN2O3/c1-7-5-4-6-9(13)10(7)14-12(18)15(3)8(2)11(16)17/h4-6,8H,1-3H3,(H,14,18)(H,16,17). The lowest BCUT2D eigenvalue weighted by Gasteiger charge is -2.22. The predicted octanol–water partition coefficient (Wildman–Crippen LogP) is 2.59. The smallest absolute Gasteiger partial charge is 0.326 e. The van der Waals surface area contributed by atoms with Crippen LogP contribution in [0.2, 0.25) is 5.02 Å². The van der Waals surface area contributed by atoms with Gasteiger partial charge in [-0.2, -0.15) is 0 Å². The topological polar surface area (TPSA) is 69.6 Å². The van der Waals surface area contributed by atoms with Gasteiger partial charge in [0.2, 0.25) is 0 Å². The van der Waals surface area contributed by atoms with Crippen molar-refractivity contribution in [3.63, 3.8) is 0 Å². The average molecular weight is 271 g/mol. The molecule has 1 unspecified atom stereocenters. The van der Waals surface area contributed by atoms with Crippen LogP contribution in [0.3, 0.4) is 0 Å². The van der Waals surface area contributed by atoms with Crippen molar-refractivity contribution in [1.29, 1.82) is 0 Å². The van der Waals surface area contributed by atoms with E-state index in [2.05, 4.69) is 5.32 Å². The number of halogens is 1. The first kappa shape index (κ1) is 14.3. The maximum absolute atomic E-state index is 11.9. The molecule has 18 heavy (non-hydrogen) atoms. The number of anilines is 1. The number of rotatable bonds is 3. The zero-order valence-electron chi connectivity index (χ0n) is 10.4. The van der Waals surface area contributed by atoms with Crippen molar-refractivity contribution in [3.05, 3.63) is 28.8 Å². The van der Waals surface area contributed by atoms with Crippen molar-refractivity contribution < 1.29 is 14.7 Å². The van der Waals surface area contributed by atoms with E-state index < -0.39 is 18.0 Å². The van der Waals surface area contributed by atoms with Gasteiger partial charge in [0.05, 0.1) is 10.7 Å². The lowest BCUT2D eigenvalue weighted by molar-refractivity contribution is -0.141. The van der Waals surface area contributed by atoms with Crippen LogP contribution in [-0.4, -0.2) is 35.1 Å². The van der Waals surface area contributed by atoms with Gasteiger partial charge in [0.15, 0.2) is 0 Å². The van der Waals surface area contributed by atoms with Crippen LogP contribution in [0.4, 0.5) is 10.5 Å². The Morgan fingerprint density at radius 1 is 1.44 bits per heavy atom. The number of nitrogens with one attached hydrogen (secondary N) is 1. The van der Waals surface area contributed by atoms with E-state index in [1.807, 2.05) is 13.0 Å². The van der Waals surface area contributed by atoms with Crippen LogP contribution in [0.15, 0.2) is 18.2 Å². The molecule has 98 valence electrons. The number of aryl methyl sites for hydroxylation is 1. The summed E-state index contributed by atoms with van der Waals surface area (Å²) in [7, 11) is 1.42. The van der Waals surface area contributed by atoms with Gasteiger partial charge in [-0.3, -0.25) is 0 Å². The number of amides is 2. The van der Waals surface area contributed by atoms with Crippen LogP contribution in [0, 0.1) is 6.92 Å². The average Bonchev–Trinajstić information content (AvgIpc) is 2.31. The van der Waals surface area contributed by atoms with Gasteiger partial charge in [-0.05, 0) is 25.5 Å². The van der Waals surface area contributed by atoms with Gasteiger partial charge in [-0.1, -0.05) is 23.7 Å². The van der Waals surface area contributed by atoms with Crippen molar-refractivity contribution in [2.75, 3.05) is 12.4 Å². The monoisotopic (exact) mass is 270 g/mol. The summed E-state index contributed by atoms with van der Waals surface area (Å²) in [5.74, 6) is -1.07. The third kappa shape index (κ3) is 3.13. The molecular formula is C12H15ClN2O3. The molecule has 1 atom stereocenters. The Bertz CT molecular complexity index is 456. The summed E-state index contributed by atoms with van der Waals surface area (Å²) >= 11 is 5.97. The fraction of sp³-hybridized carbons (Fsp3) is 0.333. The molecule has 0 saturated carbocycles. The molecule has 0 aliphatic heterocycles. The zero-order chi connectivity index (χ0) is 13.9. The van der Waals surface area contributed by atoms with Gasteiger partial charge < -0.3 is 15.3 Å². The molecule has 5 nitrogen and oxygen atoms in total. The maximum atomic E-state index is 11.9. The first-order chi connectivity index (χ1) is 8.34. The first-order valence-corrected chi connectivity index (χ1v) is 5.74. The molecule has 1 rings (SSSR count). The molecule has 0 aliphatic carbocycles. The van der Waals surface area contributed by atoms with Gasteiger partial charge >= 0.3 is 12.0 Å².